The van der Waals surface area contributed by atoms with Crippen LogP contribution in [0.4, 0.5) is 5.82 Å². The van der Waals surface area contributed by atoms with Crippen molar-refractivity contribution < 1.29 is 14.6 Å². The number of hydrogen-bond acceptors (Lipinski definition) is 5. The molecule has 1 aromatic heterocycles. The zero-order valence-electron chi connectivity index (χ0n) is 8.88. The lowest BCUT2D eigenvalue weighted by atomic mass is 10.4. The molecule has 16 heavy (non-hydrogen) atoms. The van der Waals surface area contributed by atoms with Crippen molar-refractivity contribution in [3.8, 4) is 0 Å². The third-order valence-corrected chi connectivity index (χ3v) is 2.53. The Morgan fingerprint density at radius 1 is 1.62 bits per heavy atom. The van der Waals surface area contributed by atoms with Gasteiger partial charge in [0.2, 0.25) is 0 Å². The highest BCUT2D eigenvalue weighted by Crippen LogP contribution is 2.33. The predicted octanol–water partition coefficient (Wildman–Crippen LogP) is 0.622. The molecule has 0 aliphatic heterocycles. The van der Waals surface area contributed by atoms with E-state index >= 15 is 0 Å². The Bertz CT molecular complexity index is 397. The van der Waals surface area contributed by atoms with Crippen LogP contribution in [0.1, 0.15) is 16.9 Å². The van der Waals surface area contributed by atoms with Crippen LogP contribution in [0, 0.1) is 5.92 Å². The second kappa shape index (κ2) is 4.44. The highest BCUT2D eigenvalue weighted by molar-refractivity contribution is 5.90. The van der Waals surface area contributed by atoms with Gasteiger partial charge in [0, 0.05) is 31.5 Å². The number of ether oxygens (including phenoxy) is 1. The fourth-order valence-corrected chi connectivity index (χ4v) is 1.60. The molecule has 1 aliphatic rings. The molecule has 1 aromatic rings. The maximum absolute atomic E-state index is 10.9. The maximum Gasteiger partial charge on any atom is 0.358 e. The summed E-state index contributed by atoms with van der Waals surface area (Å²) in [5, 5.41) is 12.0. The molecule has 1 saturated carbocycles. The van der Waals surface area contributed by atoms with E-state index in [4.69, 9.17) is 9.84 Å². The Balaban J connectivity index is 2.02. The minimum atomic E-state index is -1.07. The van der Waals surface area contributed by atoms with Crippen molar-refractivity contribution in [2.45, 2.75) is 12.5 Å². The molecule has 86 valence electrons. The van der Waals surface area contributed by atoms with E-state index in [-0.39, 0.29) is 11.7 Å². The minimum absolute atomic E-state index is 0.0365. The van der Waals surface area contributed by atoms with Crippen LogP contribution in [0.3, 0.4) is 0 Å². The normalized spacial score (nSPS) is 22.8. The van der Waals surface area contributed by atoms with Crippen LogP contribution in [-0.2, 0) is 4.74 Å². The Labute approximate surface area is 92.7 Å². The van der Waals surface area contributed by atoms with Gasteiger partial charge < -0.3 is 15.2 Å². The summed E-state index contributed by atoms with van der Waals surface area (Å²) >= 11 is 0. The summed E-state index contributed by atoms with van der Waals surface area (Å²) in [6.45, 7) is 0.681. The SMILES string of the molecule is COC[C@@H]1C[C@H]1Nc1nccnc1C(=O)O. The van der Waals surface area contributed by atoms with Crippen LogP contribution >= 0.6 is 0 Å². The van der Waals surface area contributed by atoms with Crippen LogP contribution in [0.5, 0.6) is 0 Å². The van der Waals surface area contributed by atoms with E-state index in [0.29, 0.717) is 18.3 Å². The number of nitrogens with zero attached hydrogens (tertiary/aromatic N) is 2. The Morgan fingerprint density at radius 2 is 2.38 bits per heavy atom. The number of carboxylic acid groups (broad SMARTS) is 1. The second-order valence-electron chi connectivity index (χ2n) is 3.76. The average Bonchev–Trinajstić information content (AvgIpc) is 2.97. The number of aromatic nitrogens is 2. The van der Waals surface area contributed by atoms with Crippen molar-refractivity contribution >= 4 is 11.8 Å². The van der Waals surface area contributed by atoms with E-state index < -0.39 is 5.97 Å². The summed E-state index contributed by atoms with van der Waals surface area (Å²) in [6, 6.07) is 0.245. The van der Waals surface area contributed by atoms with Crippen LogP contribution in [-0.4, -0.2) is 40.8 Å². The van der Waals surface area contributed by atoms with Crippen LogP contribution in [0.15, 0.2) is 12.4 Å². The molecule has 1 fully saturated rings. The first-order valence-electron chi connectivity index (χ1n) is 5.02. The average molecular weight is 223 g/mol. The van der Waals surface area contributed by atoms with Gasteiger partial charge in [-0.15, -0.1) is 0 Å². The third kappa shape index (κ3) is 2.27. The molecule has 0 spiro atoms. The highest BCUT2D eigenvalue weighted by Gasteiger charge is 2.37. The number of nitrogens with one attached hydrogen (secondary N) is 1. The fraction of sp³-hybridized carbons (Fsp3) is 0.500. The number of methoxy groups -OCH3 is 1. The molecule has 0 amide bonds. The van der Waals surface area contributed by atoms with Crippen molar-refractivity contribution in [1.29, 1.82) is 0 Å². The van der Waals surface area contributed by atoms with E-state index in [9.17, 15) is 4.79 Å². The van der Waals surface area contributed by atoms with Crippen molar-refractivity contribution in [3.05, 3.63) is 18.1 Å². The van der Waals surface area contributed by atoms with Gasteiger partial charge in [0.05, 0.1) is 6.61 Å². The fourth-order valence-electron chi connectivity index (χ4n) is 1.60. The van der Waals surface area contributed by atoms with E-state index in [1.54, 1.807) is 7.11 Å². The Kier molecular flexibility index (Phi) is 3.00. The first-order valence-corrected chi connectivity index (χ1v) is 5.02. The molecule has 6 nitrogen and oxygen atoms in total. The lowest BCUT2D eigenvalue weighted by Crippen LogP contribution is -2.13. The van der Waals surface area contributed by atoms with E-state index in [2.05, 4.69) is 15.3 Å². The van der Waals surface area contributed by atoms with E-state index in [1.807, 2.05) is 0 Å². The zero-order chi connectivity index (χ0) is 11.5. The van der Waals surface area contributed by atoms with Crippen LogP contribution in [0.2, 0.25) is 0 Å². The molecule has 1 aliphatic carbocycles. The van der Waals surface area contributed by atoms with Gasteiger partial charge in [0.15, 0.2) is 11.5 Å². The maximum atomic E-state index is 10.9. The lowest BCUT2D eigenvalue weighted by molar-refractivity contribution is 0.0691. The largest absolute Gasteiger partial charge is 0.476 e. The number of hydrogen-bond donors (Lipinski definition) is 2. The van der Waals surface area contributed by atoms with Crippen molar-refractivity contribution in [2.75, 3.05) is 19.0 Å². The van der Waals surface area contributed by atoms with Gasteiger partial charge in [0.25, 0.3) is 0 Å². The molecule has 0 saturated heterocycles. The molecule has 1 heterocycles. The quantitative estimate of drug-likeness (QED) is 0.761. The van der Waals surface area contributed by atoms with Crippen LogP contribution in [0.25, 0.3) is 0 Å². The molecule has 0 bridgehead atoms. The molecule has 2 rings (SSSR count). The first-order chi connectivity index (χ1) is 7.72. The highest BCUT2D eigenvalue weighted by atomic mass is 16.5. The van der Waals surface area contributed by atoms with Crippen molar-refractivity contribution in [2.24, 2.45) is 5.92 Å². The molecule has 2 atom stereocenters. The molecular weight excluding hydrogens is 210 g/mol. The molecule has 0 aromatic carbocycles. The van der Waals surface area contributed by atoms with E-state index in [0.717, 1.165) is 6.42 Å². The number of carbonyl (C=O) groups is 1. The molecular formula is C10H13N3O3. The molecule has 0 unspecified atom stereocenters. The summed E-state index contributed by atoms with van der Waals surface area (Å²) in [7, 11) is 1.65. The van der Waals surface area contributed by atoms with Gasteiger partial charge in [-0.3, -0.25) is 0 Å². The number of aromatic carboxylic acids is 1. The van der Waals surface area contributed by atoms with Gasteiger partial charge in [-0.2, -0.15) is 0 Å². The zero-order valence-corrected chi connectivity index (χ0v) is 8.88. The van der Waals surface area contributed by atoms with Gasteiger partial charge >= 0.3 is 5.97 Å². The predicted molar refractivity (Wildman–Crippen MR) is 56.4 cm³/mol. The number of carboxylic acids is 1. The number of anilines is 1. The van der Waals surface area contributed by atoms with Gasteiger partial charge in [-0.1, -0.05) is 0 Å². The Morgan fingerprint density at radius 3 is 3.06 bits per heavy atom. The molecule has 0 radical (unpaired) electrons. The first kappa shape index (κ1) is 10.8. The summed E-state index contributed by atoms with van der Waals surface area (Å²) < 4.78 is 5.02. The minimum Gasteiger partial charge on any atom is -0.476 e. The van der Waals surface area contributed by atoms with Crippen molar-refractivity contribution in [1.82, 2.24) is 9.97 Å². The standard InChI is InChI=1S/C10H13N3O3/c1-16-5-6-4-7(6)13-9-8(10(14)15)11-2-3-12-9/h2-3,6-7H,4-5H2,1H3,(H,12,13)(H,14,15)/t6-,7+/m0/s1. The van der Waals surface area contributed by atoms with E-state index in [1.165, 1.54) is 12.4 Å². The topological polar surface area (TPSA) is 84.3 Å². The van der Waals surface area contributed by atoms with Gasteiger partial charge in [0.1, 0.15) is 0 Å². The van der Waals surface area contributed by atoms with Crippen LogP contribution < -0.4 is 5.32 Å². The van der Waals surface area contributed by atoms with Crippen molar-refractivity contribution in [3.63, 3.8) is 0 Å². The second-order valence-corrected chi connectivity index (χ2v) is 3.76. The Hall–Kier alpha value is -1.69. The summed E-state index contributed by atoms with van der Waals surface area (Å²) in [4.78, 5) is 18.6. The number of rotatable bonds is 5. The summed E-state index contributed by atoms with van der Waals surface area (Å²) in [6.07, 6.45) is 3.82. The monoisotopic (exact) mass is 223 g/mol. The lowest BCUT2D eigenvalue weighted by Gasteiger charge is -2.06. The summed E-state index contributed by atoms with van der Waals surface area (Å²) in [5.74, 6) is -0.299. The van der Waals surface area contributed by atoms with Gasteiger partial charge in [-0.05, 0) is 6.42 Å². The smallest absolute Gasteiger partial charge is 0.358 e. The third-order valence-electron chi connectivity index (χ3n) is 2.53. The molecule has 6 heteroatoms. The molecule has 2 N–H and O–H groups in total. The van der Waals surface area contributed by atoms with Gasteiger partial charge in [-0.25, -0.2) is 14.8 Å². The summed E-state index contributed by atoms with van der Waals surface area (Å²) in [5.41, 5.74) is -0.0365.